The predicted molar refractivity (Wildman–Crippen MR) is 91.8 cm³/mol. The van der Waals surface area contributed by atoms with Gasteiger partial charge in [-0.25, -0.2) is 9.59 Å². The number of carbonyl (C=O) groups excluding carboxylic acids is 1. The van der Waals surface area contributed by atoms with Gasteiger partial charge in [-0.3, -0.25) is 0 Å². The summed E-state index contributed by atoms with van der Waals surface area (Å²) in [6.45, 7) is 1.91. The number of esters is 1. The molecule has 24 heavy (non-hydrogen) atoms. The minimum atomic E-state index is -0.716. The van der Waals surface area contributed by atoms with E-state index in [0.29, 0.717) is 16.7 Å². The predicted octanol–water partition coefficient (Wildman–Crippen LogP) is 1.40. The molecule has 2 heterocycles. The van der Waals surface area contributed by atoms with Gasteiger partial charge in [0.25, 0.3) is 0 Å². The minimum Gasteiger partial charge on any atom is -0.493 e. The van der Waals surface area contributed by atoms with E-state index in [0.717, 1.165) is 30.4 Å². The monoisotopic (exact) mass is 396 g/mol. The summed E-state index contributed by atoms with van der Waals surface area (Å²) >= 11 is 3.37. The van der Waals surface area contributed by atoms with E-state index < -0.39 is 11.6 Å². The van der Waals surface area contributed by atoms with Crippen molar-refractivity contribution in [3.8, 4) is 5.75 Å². The number of methoxy groups -OCH3 is 1. The van der Waals surface area contributed by atoms with Crippen molar-refractivity contribution in [2.45, 2.75) is 18.9 Å². The second-order valence-electron chi connectivity index (χ2n) is 6.04. The lowest BCUT2D eigenvalue weighted by Crippen LogP contribution is -3.10. The number of fused-ring (bicyclic) bond motifs is 1. The van der Waals surface area contributed by atoms with E-state index in [4.69, 9.17) is 13.9 Å². The normalized spacial score (nSPS) is 20.8. The van der Waals surface area contributed by atoms with Gasteiger partial charge in [0.05, 0.1) is 27.2 Å². The lowest BCUT2D eigenvalue weighted by Gasteiger charge is -2.26. The molecule has 3 rings (SSSR count). The molecule has 6 nitrogen and oxygen atoms in total. The van der Waals surface area contributed by atoms with Gasteiger partial charge in [0, 0.05) is 22.7 Å². The molecule has 0 radical (unpaired) electrons. The Labute approximate surface area is 147 Å². The van der Waals surface area contributed by atoms with Gasteiger partial charge in [-0.1, -0.05) is 15.9 Å². The standard InChI is InChI=1S/C17H18BrNO5/c1-19-5-3-12(4-6-19)23-16(20)13-8-10-7-11(18)9-14(22-2)15(10)24-17(13)21/h7-9,12H,3-6H2,1-2H3/p+1. The first-order valence-corrected chi connectivity index (χ1v) is 8.61. The molecular formula is C17H19BrNO5+. The summed E-state index contributed by atoms with van der Waals surface area (Å²) in [6.07, 6.45) is 1.46. The van der Waals surface area contributed by atoms with Crippen LogP contribution < -0.4 is 15.3 Å². The SMILES string of the molecule is COc1cc(Br)cc2cc(C(=O)OC3CC[NH+](C)CC3)c(=O)oc12. The fourth-order valence-electron chi connectivity index (χ4n) is 2.88. The molecule has 1 N–H and O–H groups in total. The number of benzene rings is 1. The molecule has 1 saturated heterocycles. The molecule has 0 atom stereocenters. The number of ether oxygens (including phenoxy) is 2. The number of quaternary nitrogens is 1. The zero-order valence-corrected chi connectivity index (χ0v) is 15.1. The lowest BCUT2D eigenvalue weighted by molar-refractivity contribution is -0.885. The molecule has 0 spiro atoms. The number of nitrogens with one attached hydrogen (secondary N) is 1. The average Bonchev–Trinajstić information content (AvgIpc) is 2.56. The highest BCUT2D eigenvalue weighted by atomic mass is 79.9. The summed E-state index contributed by atoms with van der Waals surface area (Å²) < 4.78 is 16.8. The van der Waals surface area contributed by atoms with E-state index in [-0.39, 0.29) is 11.7 Å². The Morgan fingerprint density at radius 2 is 2.00 bits per heavy atom. The van der Waals surface area contributed by atoms with Crippen LogP contribution in [-0.2, 0) is 4.74 Å². The summed E-state index contributed by atoms with van der Waals surface area (Å²) in [5.41, 5.74) is -0.495. The quantitative estimate of drug-likeness (QED) is 0.627. The van der Waals surface area contributed by atoms with Crippen molar-refractivity contribution >= 4 is 32.9 Å². The lowest BCUT2D eigenvalue weighted by atomic mass is 10.1. The molecule has 128 valence electrons. The molecule has 7 heteroatoms. The Kier molecular flexibility index (Phi) is 4.91. The number of hydrogen-bond acceptors (Lipinski definition) is 5. The zero-order chi connectivity index (χ0) is 17.3. The van der Waals surface area contributed by atoms with Crippen molar-refractivity contribution in [3.63, 3.8) is 0 Å². The van der Waals surface area contributed by atoms with E-state index in [1.54, 1.807) is 12.1 Å². The molecule has 1 aromatic heterocycles. The second kappa shape index (κ2) is 6.94. The first-order valence-electron chi connectivity index (χ1n) is 7.81. The van der Waals surface area contributed by atoms with Crippen LogP contribution in [0.25, 0.3) is 11.0 Å². The Bertz CT molecular complexity index is 824. The molecular weight excluding hydrogens is 378 g/mol. The summed E-state index contributed by atoms with van der Waals surface area (Å²) in [5, 5.41) is 0.598. The van der Waals surface area contributed by atoms with E-state index in [1.807, 2.05) is 0 Å². The highest BCUT2D eigenvalue weighted by Gasteiger charge is 2.25. The minimum absolute atomic E-state index is 0.0890. The summed E-state index contributed by atoms with van der Waals surface area (Å²) in [4.78, 5) is 26.0. The highest BCUT2D eigenvalue weighted by Crippen LogP contribution is 2.29. The molecule has 0 unspecified atom stereocenters. The van der Waals surface area contributed by atoms with Crippen LogP contribution in [0.2, 0.25) is 0 Å². The number of halogens is 1. The van der Waals surface area contributed by atoms with Crippen LogP contribution in [0.15, 0.2) is 31.9 Å². The molecule has 1 aliphatic rings. The van der Waals surface area contributed by atoms with Crippen LogP contribution in [0.5, 0.6) is 5.75 Å². The summed E-state index contributed by atoms with van der Waals surface area (Å²) in [6, 6.07) is 4.96. The van der Waals surface area contributed by atoms with Gasteiger partial charge in [-0.2, -0.15) is 0 Å². The maximum Gasteiger partial charge on any atom is 0.351 e. The van der Waals surface area contributed by atoms with Gasteiger partial charge in [0.1, 0.15) is 11.7 Å². The van der Waals surface area contributed by atoms with Crippen LogP contribution in [0.3, 0.4) is 0 Å². The molecule has 1 fully saturated rings. The van der Waals surface area contributed by atoms with Gasteiger partial charge in [-0.05, 0) is 18.2 Å². The fraction of sp³-hybridized carbons (Fsp3) is 0.412. The molecule has 1 aromatic carbocycles. The molecule has 2 aromatic rings. The third kappa shape index (κ3) is 3.47. The Morgan fingerprint density at radius 1 is 1.29 bits per heavy atom. The third-order valence-electron chi connectivity index (χ3n) is 4.26. The van der Waals surface area contributed by atoms with Crippen LogP contribution in [0, 0.1) is 0 Å². The van der Waals surface area contributed by atoms with Gasteiger partial charge >= 0.3 is 11.6 Å². The van der Waals surface area contributed by atoms with E-state index in [1.165, 1.54) is 18.1 Å². The number of rotatable bonds is 3. The van der Waals surface area contributed by atoms with Crippen molar-refractivity contribution < 1.29 is 23.6 Å². The van der Waals surface area contributed by atoms with Crippen LogP contribution in [0.1, 0.15) is 23.2 Å². The van der Waals surface area contributed by atoms with E-state index in [9.17, 15) is 9.59 Å². The molecule has 0 amide bonds. The largest absolute Gasteiger partial charge is 0.493 e. The number of likely N-dealkylation sites (tertiary alicyclic amines) is 1. The van der Waals surface area contributed by atoms with Gasteiger partial charge in [-0.15, -0.1) is 0 Å². The van der Waals surface area contributed by atoms with Crippen molar-refractivity contribution in [3.05, 3.63) is 38.7 Å². The topological polar surface area (TPSA) is 70.2 Å². The maximum absolute atomic E-state index is 12.4. The number of piperidine rings is 1. The Balaban J connectivity index is 1.90. The van der Waals surface area contributed by atoms with Gasteiger partial charge < -0.3 is 18.8 Å². The Hall–Kier alpha value is -1.86. The summed E-state index contributed by atoms with van der Waals surface area (Å²) in [5.74, 6) is -0.205. The van der Waals surface area contributed by atoms with E-state index in [2.05, 4.69) is 23.0 Å². The van der Waals surface area contributed by atoms with Crippen molar-refractivity contribution in [1.29, 1.82) is 0 Å². The van der Waals surface area contributed by atoms with Crippen LogP contribution in [-0.4, -0.2) is 39.3 Å². The molecule has 0 bridgehead atoms. The average molecular weight is 397 g/mol. The highest BCUT2D eigenvalue weighted by molar-refractivity contribution is 9.10. The number of carbonyl (C=O) groups is 1. The van der Waals surface area contributed by atoms with E-state index >= 15 is 0 Å². The fourth-order valence-corrected chi connectivity index (χ4v) is 3.33. The zero-order valence-electron chi connectivity index (χ0n) is 13.6. The molecule has 0 aliphatic carbocycles. The second-order valence-corrected chi connectivity index (χ2v) is 6.95. The first kappa shape index (κ1) is 17.0. The molecule has 0 saturated carbocycles. The van der Waals surface area contributed by atoms with Crippen molar-refractivity contribution in [1.82, 2.24) is 0 Å². The van der Waals surface area contributed by atoms with Gasteiger partial charge in [0.15, 0.2) is 11.3 Å². The summed E-state index contributed by atoms with van der Waals surface area (Å²) in [7, 11) is 3.60. The molecule has 1 aliphatic heterocycles. The smallest absolute Gasteiger partial charge is 0.351 e. The third-order valence-corrected chi connectivity index (χ3v) is 4.72. The van der Waals surface area contributed by atoms with Gasteiger partial charge in [0.2, 0.25) is 0 Å². The van der Waals surface area contributed by atoms with Crippen LogP contribution >= 0.6 is 15.9 Å². The van der Waals surface area contributed by atoms with Crippen molar-refractivity contribution in [2.75, 3.05) is 27.2 Å². The van der Waals surface area contributed by atoms with Crippen molar-refractivity contribution in [2.24, 2.45) is 0 Å². The number of hydrogen-bond donors (Lipinski definition) is 1. The maximum atomic E-state index is 12.4. The first-order chi connectivity index (χ1) is 11.5. The Morgan fingerprint density at radius 3 is 2.67 bits per heavy atom. The van der Waals surface area contributed by atoms with Crippen LogP contribution in [0.4, 0.5) is 0 Å².